The van der Waals surface area contributed by atoms with E-state index in [4.69, 9.17) is 28.9 Å². The van der Waals surface area contributed by atoms with E-state index >= 15 is 0 Å². The number of nitrogens with zero attached hydrogens (tertiary/aromatic N) is 2. The van der Waals surface area contributed by atoms with Gasteiger partial charge in [-0.3, -0.25) is 9.89 Å². The van der Waals surface area contributed by atoms with E-state index < -0.39 is 5.91 Å². The zero-order valence-electron chi connectivity index (χ0n) is 10.5. The van der Waals surface area contributed by atoms with Crippen LogP contribution in [0.4, 0.5) is 11.4 Å². The monoisotopic (exact) mass is 321 g/mol. The highest BCUT2D eigenvalue weighted by Crippen LogP contribution is 2.30. The Kier molecular flexibility index (Phi) is 3.40. The van der Waals surface area contributed by atoms with E-state index in [1.165, 1.54) is 12.3 Å². The van der Waals surface area contributed by atoms with Crippen molar-refractivity contribution in [2.24, 2.45) is 0 Å². The van der Waals surface area contributed by atoms with Crippen molar-refractivity contribution in [3.05, 3.63) is 46.3 Å². The first-order chi connectivity index (χ1) is 10.1. The second-order valence-corrected chi connectivity index (χ2v) is 5.03. The maximum atomic E-state index is 12.2. The molecule has 8 heteroatoms. The van der Waals surface area contributed by atoms with Gasteiger partial charge in [0.1, 0.15) is 5.69 Å². The normalized spacial score (nSPS) is 10.8. The summed E-state index contributed by atoms with van der Waals surface area (Å²) in [6.07, 6.45) is 3.00. The van der Waals surface area contributed by atoms with Gasteiger partial charge in [0.05, 0.1) is 33.1 Å². The molecule has 106 valence electrons. The Morgan fingerprint density at radius 1 is 1.24 bits per heavy atom. The maximum Gasteiger partial charge on any atom is 0.275 e. The molecule has 1 amide bonds. The molecule has 0 aliphatic carbocycles. The van der Waals surface area contributed by atoms with Crippen molar-refractivity contribution in [3.8, 4) is 0 Å². The van der Waals surface area contributed by atoms with Crippen molar-refractivity contribution < 1.29 is 4.79 Å². The topological polar surface area (TPSA) is 96.7 Å². The minimum atomic E-state index is -0.489. The summed E-state index contributed by atoms with van der Waals surface area (Å²) >= 11 is 12.2. The molecule has 0 aliphatic heterocycles. The molecule has 2 aromatic heterocycles. The van der Waals surface area contributed by atoms with Crippen LogP contribution in [0.1, 0.15) is 10.5 Å². The molecular weight excluding hydrogens is 313 g/mol. The first-order valence-corrected chi connectivity index (χ1v) is 6.66. The number of hydrogen-bond acceptors (Lipinski definition) is 4. The van der Waals surface area contributed by atoms with E-state index in [9.17, 15) is 4.79 Å². The van der Waals surface area contributed by atoms with Crippen LogP contribution in [0.3, 0.4) is 0 Å². The minimum Gasteiger partial charge on any atom is -0.397 e. The van der Waals surface area contributed by atoms with Crippen LogP contribution < -0.4 is 11.1 Å². The third-order valence-corrected chi connectivity index (χ3v) is 3.75. The molecule has 3 aromatic rings. The summed E-state index contributed by atoms with van der Waals surface area (Å²) < 4.78 is 0. The van der Waals surface area contributed by atoms with Gasteiger partial charge in [-0.1, -0.05) is 23.2 Å². The summed E-state index contributed by atoms with van der Waals surface area (Å²) in [5.41, 5.74) is 7.20. The molecule has 1 aromatic carbocycles. The molecule has 0 bridgehead atoms. The van der Waals surface area contributed by atoms with Crippen molar-refractivity contribution in [2.75, 3.05) is 11.1 Å². The summed E-state index contributed by atoms with van der Waals surface area (Å²) in [6, 6.07) is 4.95. The molecule has 4 N–H and O–H groups in total. The fourth-order valence-electron chi connectivity index (χ4n) is 1.88. The number of carbonyl (C=O) groups excluding carboxylic acids is 1. The number of carbonyl (C=O) groups is 1. The van der Waals surface area contributed by atoms with Crippen molar-refractivity contribution in [1.29, 1.82) is 0 Å². The highest BCUT2D eigenvalue weighted by Gasteiger charge is 2.16. The Morgan fingerprint density at radius 3 is 2.86 bits per heavy atom. The number of amides is 1. The summed E-state index contributed by atoms with van der Waals surface area (Å²) in [5, 5.41) is 10.5. The van der Waals surface area contributed by atoms with Crippen molar-refractivity contribution in [2.45, 2.75) is 0 Å². The molecule has 21 heavy (non-hydrogen) atoms. The number of anilines is 2. The number of halogens is 2. The number of aromatic amines is 1. The quantitative estimate of drug-likeness (QED) is 0.675. The van der Waals surface area contributed by atoms with Crippen LogP contribution in [0.5, 0.6) is 0 Å². The first kappa shape index (κ1) is 13.7. The van der Waals surface area contributed by atoms with Gasteiger partial charge in [0.2, 0.25) is 0 Å². The van der Waals surface area contributed by atoms with Gasteiger partial charge in [-0.2, -0.15) is 5.10 Å². The molecular formula is C13H9Cl2N5O. The van der Waals surface area contributed by atoms with Gasteiger partial charge in [0, 0.05) is 11.6 Å². The van der Waals surface area contributed by atoms with Crippen LogP contribution in [0.25, 0.3) is 10.9 Å². The third kappa shape index (κ3) is 2.39. The van der Waals surface area contributed by atoms with Gasteiger partial charge in [-0.25, -0.2) is 4.98 Å². The maximum absolute atomic E-state index is 12.2. The van der Waals surface area contributed by atoms with Gasteiger partial charge in [-0.05, 0) is 18.2 Å². The predicted molar refractivity (Wildman–Crippen MR) is 82.7 cm³/mol. The molecule has 0 fully saturated rings. The number of nitrogen functional groups attached to an aromatic ring is 1. The highest BCUT2D eigenvalue weighted by atomic mass is 35.5. The largest absolute Gasteiger partial charge is 0.397 e. The zero-order chi connectivity index (χ0) is 15.0. The lowest BCUT2D eigenvalue weighted by atomic mass is 10.2. The molecule has 0 spiro atoms. The lowest BCUT2D eigenvalue weighted by molar-refractivity contribution is 0.102. The van der Waals surface area contributed by atoms with Gasteiger partial charge < -0.3 is 11.1 Å². The lowest BCUT2D eigenvalue weighted by Gasteiger charge is -2.09. The number of aromatic nitrogens is 3. The van der Waals surface area contributed by atoms with E-state index in [0.717, 1.165) is 5.52 Å². The number of H-pyrrole nitrogens is 1. The van der Waals surface area contributed by atoms with Gasteiger partial charge >= 0.3 is 0 Å². The third-order valence-electron chi connectivity index (χ3n) is 2.94. The Labute approximate surface area is 129 Å². The molecule has 0 saturated carbocycles. The Bertz CT molecular complexity index is 846. The van der Waals surface area contributed by atoms with Crippen LogP contribution in [0.2, 0.25) is 10.0 Å². The van der Waals surface area contributed by atoms with Crippen LogP contribution >= 0.6 is 23.2 Å². The fraction of sp³-hybridized carbons (Fsp3) is 0. The van der Waals surface area contributed by atoms with Gasteiger partial charge in [0.15, 0.2) is 0 Å². The first-order valence-electron chi connectivity index (χ1n) is 5.91. The highest BCUT2D eigenvalue weighted by molar-refractivity contribution is 6.39. The molecule has 3 rings (SSSR count). The van der Waals surface area contributed by atoms with Crippen molar-refractivity contribution in [1.82, 2.24) is 15.2 Å². The predicted octanol–water partition coefficient (Wildman–Crippen LogP) is 3.10. The van der Waals surface area contributed by atoms with Crippen LogP contribution in [0, 0.1) is 0 Å². The van der Waals surface area contributed by atoms with E-state index in [1.807, 2.05) is 0 Å². The van der Waals surface area contributed by atoms with E-state index in [2.05, 4.69) is 20.5 Å². The van der Waals surface area contributed by atoms with Gasteiger partial charge in [0.25, 0.3) is 5.91 Å². The molecule has 0 atom stereocenters. The second-order valence-electron chi connectivity index (χ2n) is 4.28. The van der Waals surface area contributed by atoms with Crippen LogP contribution in [-0.4, -0.2) is 21.1 Å². The van der Waals surface area contributed by atoms with Crippen molar-refractivity contribution >= 4 is 51.4 Å². The summed E-state index contributed by atoms with van der Waals surface area (Å²) in [6.45, 7) is 0. The number of nitrogens with one attached hydrogen (secondary N) is 2. The van der Waals surface area contributed by atoms with Crippen LogP contribution in [0.15, 0.2) is 30.6 Å². The van der Waals surface area contributed by atoms with E-state index in [-0.39, 0.29) is 16.4 Å². The average molecular weight is 322 g/mol. The zero-order valence-corrected chi connectivity index (χ0v) is 12.0. The summed E-state index contributed by atoms with van der Waals surface area (Å²) in [7, 11) is 0. The molecule has 2 heterocycles. The minimum absolute atomic E-state index is 0.0417. The average Bonchev–Trinajstić information content (AvgIpc) is 2.94. The van der Waals surface area contributed by atoms with E-state index in [0.29, 0.717) is 16.1 Å². The molecule has 0 aliphatic rings. The standard InChI is InChI=1S/C13H9Cl2N5O/c14-10-6-5-18-20-8(6)1-2-9(10)19-13(21)12-11(15)7(16)3-4-17-12/h1-5H,(H2,16,17)(H,18,20)(H,19,21). The van der Waals surface area contributed by atoms with Crippen LogP contribution in [-0.2, 0) is 0 Å². The summed E-state index contributed by atoms with van der Waals surface area (Å²) in [4.78, 5) is 16.1. The number of rotatable bonds is 2. The molecule has 0 radical (unpaired) electrons. The molecule has 0 saturated heterocycles. The number of hydrogen-bond donors (Lipinski definition) is 3. The smallest absolute Gasteiger partial charge is 0.275 e. The van der Waals surface area contributed by atoms with Crippen molar-refractivity contribution in [3.63, 3.8) is 0 Å². The molecule has 6 nitrogen and oxygen atoms in total. The summed E-state index contributed by atoms with van der Waals surface area (Å²) in [5.74, 6) is -0.489. The second kappa shape index (κ2) is 5.23. The lowest BCUT2D eigenvalue weighted by Crippen LogP contribution is -2.15. The number of fused-ring (bicyclic) bond motifs is 1. The fourth-order valence-corrected chi connectivity index (χ4v) is 2.34. The molecule has 0 unspecified atom stereocenters. The van der Waals surface area contributed by atoms with E-state index in [1.54, 1.807) is 18.3 Å². The number of pyridine rings is 1. The Morgan fingerprint density at radius 2 is 2.05 bits per heavy atom. The van der Waals surface area contributed by atoms with Gasteiger partial charge in [-0.15, -0.1) is 0 Å². The number of nitrogens with two attached hydrogens (primary N) is 1. The SMILES string of the molecule is Nc1ccnc(C(=O)Nc2ccc3[nH]ncc3c2Cl)c1Cl. The Balaban J connectivity index is 1.96. The number of benzene rings is 1. The Hall–Kier alpha value is -2.31.